The molecule has 0 saturated heterocycles. The molecule has 0 spiro atoms. The van der Waals surface area contributed by atoms with E-state index in [9.17, 15) is 5.26 Å². The maximum atomic E-state index is 9.78. The molecule has 1 unspecified atom stereocenters. The maximum Gasteiger partial charge on any atom is 0.222 e. The second-order valence-electron chi connectivity index (χ2n) is 6.92. The summed E-state index contributed by atoms with van der Waals surface area (Å²) in [6.07, 6.45) is 4.58. The van der Waals surface area contributed by atoms with Crippen molar-refractivity contribution in [2.24, 2.45) is 0 Å². The summed E-state index contributed by atoms with van der Waals surface area (Å²) in [5.41, 5.74) is 3.95. The second-order valence-corrected chi connectivity index (χ2v) is 7.99. The van der Waals surface area contributed by atoms with Crippen LogP contribution in [0.4, 0.5) is 5.95 Å². The van der Waals surface area contributed by atoms with Gasteiger partial charge in [-0.15, -0.1) is 11.3 Å². The number of aromatic amines is 1. The van der Waals surface area contributed by atoms with Gasteiger partial charge in [-0.2, -0.15) is 5.26 Å². The second kappa shape index (κ2) is 7.93. The molecule has 0 radical (unpaired) electrons. The molecule has 0 fully saturated rings. The number of rotatable bonds is 6. The number of aromatic nitrogens is 4. The first-order valence-corrected chi connectivity index (χ1v) is 10.5. The lowest BCUT2D eigenvalue weighted by molar-refractivity contribution is 0.918. The molecule has 0 aliphatic carbocycles. The molecule has 146 valence electrons. The van der Waals surface area contributed by atoms with E-state index in [4.69, 9.17) is 0 Å². The van der Waals surface area contributed by atoms with Crippen molar-refractivity contribution in [3.8, 4) is 6.07 Å². The van der Waals surface area contributed by atoms with Gasteiger partial charge in [-0.25, -0.2) is 15.0 Å². The molecule has 2 N–H and O–H groups in total. The first-order valence-electron chi connectivity index (χ1n) is 9.69. The zero-order chi connectivity index (χ0) is 20.3. The standard InChI is InChI=1S/C23H18N6S/c24-13-17(22-28-20-7-3-4-8-21(20)30-22)19-10-12-26-23(29-19)25-11-9-15-14-27-18-6-2-1-5-16(15)18/h1-8,10,12,14,17,27H,9,11H2,(H,25,26,29). The fourth-order valence-corrected chi connectivity index (χ4v) is 4.55. The number of anilines is 1. The van der Waals surface area contributed by atoms with Crippen LogP contribution in [0, 0.1) is 11.3 Å². The van der Waals surface area contributed by atoms with Crippen molar-refractivity contribution < 1.29 is 0 Å². The summed E-state index contributed by atoms with van der Waals surface area (Å²) >= 11 is 1.53. The molecule has 0 saturated carbocycles. The maximum absolute atomic E-state index is 9.78. The quantitative estimate of drug-likeness (QED) is 0.416. The van der Waals surface area contributed by atoms with Crippen LogP contribution in [0.25, 0.3) is 21.1 Å². The van der Waals surface area contributed by atoms with Crippen LogP contribution in [-0.4, -0.2) is 26.5 Å². The number of nitrogens with one attached hydrogen (secondary N) is 2. The van der Waals surface area contributed by atoms with Gasteiger partial charge in [0.25, 0.3) is 0 Å². The van der Waals surface area contributed by atoms with E-state index in [0.29, 0.717) is 18.2 Å². The van der Waals surface area contributed by atoms with Crippen molar-refractivity contribution in [2.45, 2.75) is 12.3 Å². The number of nitrogens with zero attached hydrogens (tertiary/aromatic N) is 4. The Labute approximate surface area is 177 Å². The molecule has 0 amide bonds. The molecular weight excluding hydrogens is 392 g/mol. The van der Waals surface area contributed by atoms with Crippen LogP contribution in [-0.2, 0) is 6.42 Å². The Morgan fingerprint density at radius 2 is 1.93 bits per heavy atom. The van der Waals surface area contributed by atoms with Crippen LogP contribution in [0.15, 0.2) is 67.0 Å². The van der Waals surface area contributed by atoms with Crippen molar-refractivity contribution in [2.75, 3.05) is 11.9 Å². The molecule has 3 heterocycles. The Hall–Kier alpha value is -3.76. The van der Waals surface area contributed by atoms with E-state index in [2.05, 4.69) is 43.5 Å². The molecule has 0 bridgehead atoms. The number of hydrogen-bond donors (Lipinski definition) is 2. The van der Waals surface area contributed by atoms with E-state index in [1.165, 1.54) is 22.3 Å². The molecule has 5 aromatic rings. The summed E-state index contributed by atoms with van der Waals surface area (Å²) in [4.78, 5) is 16.8. The predicted molar refractivity (Wildman–Crippen MR) is 120 cm³/mol. The number of benzene rings is 2. The van der Waals surface area contributed by atoms with Crippen LogP contribution in [0.5, 0.6) is 0 Å². The van der Waals surface area contributed by atoms with Crippen molar-refractivity contribution in [1.82, 2.24) is 19.9 Å². The number of H-pyrrole nitrogens is 1. The van der Waals surface area contributed by atoms with E-state index >= 15 is 0 Å². The summed E-state index contributed by atoms with van der Waals surface area (Å²) in [6, 6.07) is 20.3. The van der Waals surface area contributed by atoms with Gasteiger partial charge in [0.05, 0.1) is 22.0 Å². The fourth-order valence-electron chi connectivity index (χ4n) is 3.53. The minimum atomic E-state index is -0.514. The minimum Gasteiger partial charge on any atom is -0.361 e. The van der Waals surface area contributed by atoms with Gasteiger partial charge in [-0.3, -0.25) is 0 Å². The van der Waals surface area contributed by atoms with E-state index in [-0.39, 0.29) is 0 Å². The molecule has 2 aromatic carbocycles. The monoisotopic (exact) mass is 410 g/mol. The highest BCUT2D eigenvalue weighted by Crippen LogP contribution is 2.30. The third-order valence-corrected chi connectivity index (χ3v) is 6.11. The molecule has 7 heteroatoms. The summed E-state index contributed by atoms with van der Waals surface area (Å²) in [6.45, 7) is 0.698. The van der Waals surface area contributed by atoms with Gasteiger partial charge in [0.15, 0.2) is 0 Å². The van der Waals surface area contributed by atoms with E-state index in [1.54, 1.807) is 12.3 Å². The van der Waals surface area contributed by atoms with Crippen LogP contribution < -0.4 is 5.32 Å². The van der Waals surface area contributed by atoms with Crippen LogP contribution >= 0.6 is 11.3 Å². The molecular formula is C23H18N6S. The lowest BCUT2D eigenvalue weighted by Crippen LogP contribution is -2.10. The third-order valence-electron chi connectivity index (χ3n) is 5.01. The van der Waals surface area contributed by atoms with Crippen molar-refractivity contribution in [3.05, 3.63) is 83.3 Å². The first-order chi connectivity index (χ1) is 14.8. The van der Waals surface area contributed by atoms with Crippen LogP contribution in [0.3, 0.4) is 0 Å². The zero-order valence-electron chi connectivity index (χ0n) is 16.0. The molecule has 6 nitrogen and oxygen atoms in total. The topological polar surface area (TPSA) is 90.3 Å². The Morgan fingerprint density at radius 3 is 2.83 bits per heavy atom. The van der Waals surface area contributed by atoms with E-state index in [1.807, 2.05) is 42.6 Å². The van der Waals surface area contributed by atoms with E-state index in [0.717, 1.165) is 27.2 Å². The van der Waals surface area contributed by atoms with Gasteiger partial charge in [-0.05, 0) is 36.2 Å². The molecule has 0 aliphatic heterocycles. The highest BCUT2D eigenvalue weighted by molar-refractivity contribution is 7.18. The van der Waals surface area contributed by atoms with Crippen molar-refractivity contribution >= 4 is 38.4 Å². The van der Waals surface area contributed by atoms with Gasteiger partial charge >= 0.3 is 0 Å². The van der Waals surface area contributed by atoms with Gasteiger partial charge in [0.1, 0.15) is 10.9 Å². The SMILES string of the molecule is N#CC(c1ccnc(NCCc2c[nH]c3ccccc23)n1)c1nc2ccccc2s1. The number of nitriles is 1. The van der Waals surface area contributed by atoms with Gasteiger partial charge < -0.3 is 10.3 Å². The number of para-hydroxylation sites is 2. The smallest absolute Gasteiger partial charge is 0.222 e. The van der Waals surface area contributed by atoms with Crippen molar-refractivity contribution in [1.29, 1.82) is 5.26 Å². The number of fused-ring (bicyclic) bond motifs is 2. The lowest BCUT2D eigenvalue weighted by atomic mass is 10.1. The van der Waals surface area contributed by atoms with Crippen molar-refractivity contribution in [3.63, 3.8) is 0 Å². The first kappa shape index (κ1) is 18.3. The lowest BCUT2D eigenvalue weighted by Gasteiger charge is -2.08. The third kappa shape index (κ3) is 3.49. The molecule has 5 rings (SSSR count). The number of hydrogen-bond acceptors (Lipinski definition) is 6. The summed E-state index contributed by atoms with van der Waals surface area (Å²) in [5.74, 6) is 0.00766. The Morgan fingerprint density at radius 1 is 1.07 bits per heavy atom. The highest BCUT2D eigenvalue weighted by Gasteiger charge is 2.20. The van der Waals surface area contributed by atoms with Crippen LogP contribution in [0.1, 0.15) is 22.2 Å². The average molecular weight is 411 g/mol. The molecule has 3 aromatic heterocycles. The fraction of sp³-hybridized carbons (Fsp3) is 0.130. The summed E-state index contributed by atoms with van der Waals surface area (Å²) in [5, 5.41) is 15.0. The van der Waals surface area contributed by atoms with Gasteiger partial charge in [0, 0.05) is 29.8 Å². The Bertz CT molecular complexity index is 1330. The van der Waals surface area contributed by atoms with Gasteiger partial charge in [-0.1, -0.05) is 30.3 Å². The zero-order valence-corrected chi connectivity index (χ0v) is 16.9. The Kier molecular flexibility index (Phi) is 4.83. The Balaban J connectivity index is 1.32. The predicted octanol–water partition coefficient (Wildman–Crippen LogP) is 4.88. The summed E-state index contributed by atoms with van der Waals surface area (Å²) < 4.78 is 1.07. The molecule has 0 aliphatic rings. The normalized spacial score (nSPS) is 12.1. The van der Waals surface area contributed by atoms with Gasteiger partial charge in [0.2, 0.25) is 5.95 Å². The van der Waals surface area contributed by atoms with Crippen LogP contribution in [0.2, 0.25) is 0 Å². The highest BCUT2D eigenvalue weighted by atomic mass is 32.1. The molecule has 1 atom stereocenters. The number of thiazole rings is 1. The molecule has 30 heavy (non-hydrogen) atoms. The summed E-state index contributed by atoms with van der Waals surface area (Å²) in [7, 11) is 0. The van der Waals surface area contributed by atoms with E-state index < -0.39 is 5.92 Å². The average Bonchev–Trinajstić information content (AvgIpc) is 3.39. The largest absolute Gasteiger partial charge is 0.361 e. The minimum absolute atomic E-state index is 0.514.